The van der Waals surface area contributed by atoms with Crippen LogP contribution in [0.3, 0.4) is 0 Å². The zero-order valence-corrected chi connectivity index (χ0v) is 20.8. The van der Waals surface area contributed by atoms with E-state index in [1.807, 2.05) is 53.9 Å². The molecule has 5 rings (SSSR count). The molecule has 2 aromatic carbocycles. The number of anilines is 1. The Bertz CT molecular complexity index is 1400. The van der Waals surface area contributed by atoms with Crippen LogP contribution in [0.1, 0.15) is 34.9 Å². The zero-order valence-electron chi connectivity index (χ0n) is 20.0. The van der Waals surface area contributed by atoms with E-state index >= 15 is 0 Å². The number of piperidine rings is 1. The van der Waals surface area contributed by atoms with E-state index < -0.39 is 6.04 Å². The second kappa shape index (κ2) is 11.3. The molecule has 3 amide bonds. The van der Waals surface area contributed by atoms with Crippen LogP contribution < -0.4 is 16.0 Å². The summed E-state index contributed by atoms with van der Waals surface area (Å²) in [6.45, 7) is 1.55. The first-order chi connectivity index (χ1) is 18.0. The molecule has 4 aromatic rings. The maximum atomic E-state index is 12.6. The van der Waals surface area contributed by atoms with Gasteiger partial charge in [-0.05, 0) is 35.7 Å². The molecule has 1 fully saturated rings. The minimum absolute atomic E-state index is 0.101. The fourth-order valence-electron chi connectivity index (χ4n) is 4.12. The van der Waals surface area contributed by atoms with Gasteiger partial charge in [0.15, 0.2) is 0 Å². The Morgan fingerprint density at radius 1 is 1.05 bits per heavy atom. The number of amides is 3. The van der Waals surface area contributed by atoms with Gasteiger partial charge in [0.05, 0.1) is 12.6 Å². The average molecular weight is 515 g/mol. The highest BCUT2D eigenvalue weighted by atomic mass is 32.1. The molecule has 0 bridgehead atoms. The van der Waals surface area contributed by atoms with Gasteiger partial charge in [-0.25, -0.2) is 4.68 Å². The number of hydrogen-bond acceptors (Lipinski definition) is 7. The summed E-state index contributed by atoms with van der Waals surface area (Å²) in [7, 11) is 0. The van der Waals surface area contributed by atoms with Crippen molar-refractivity contribution < 1.29 is 14.4 Å². The highest BCUT2D eigenvalue weighted by Crippen LogP contribution is 2.26. The second-order valence-corrected chi connectivity index (χ2v) is 9.86. The first-order valence-electron chi connectivity index (χ1n) is 12.0. The lowest BCUT2D eigenvalue weighted by atomic mass is 10.1. The second-order valence-electron chi connectivity index (χ2n) is 8.86. The van der Waals surface area contributed by atoms with Crippen LogP contribution in [-0.4, -0.2) is 32.7 Å². The van der Waals surface area contributed by atoms with Gasteiger partial charge in [0.25, 0.3) is 5.91 Å². The molecule has 1 atom stereocenters. The summed E-state index contributed by atoms with van der Waals surface area (Å²) in [5.74, 6) is -0.739. The lowest BCUT2D eigenvalue weighted by Crippen LogP contribution is -2.41. The number of hydrogen-bond donors (Lipinski definition) is 3. The topological polar surface area (TPSA) is 118 Å². The summed E-state index contributed by atoms with van der Waals surface area (Å²) in [6, 6.07) is 19.4. The Morgan fingerprint density at radius 2 is 1.81 bits per heavy atom. The Hall–Kier alpha value is -4.15. The van der Waals surface area contributed by atoms with Gasteiger partial charge in [0, 0.05) is 41.0 Å². The van der Waals surface area contributed by atoms with Gasteiger partial charge >= 0.3 is 0 Å². The number of carbonyl (C=O) groups is 3. The van der Waals surface area contributed by atoms with Crippen LogP contribution in [0.5, 0.6) is 0 Å². The normalized spacial score (nSPS) is 15.4. The van der Waals surface area contributed by atoms with Crippen molar-refractivity contribution in [3.63, 3.8) is 0 Å². The molecule has 10 heteroatoms. The molecule has 9 nitrogen and oxygen atoms in total. The predicted octanol–water partition coefficient (Wildman–Crippen LogP) is 3.46. The van der Waals surface area contributed by atoms with E-state index in [0.29, 0.717) is 12.1 Å². The smallest absolute Gasteiger partial charge is 0.251 e. The standard InChI is InChI=1S/C27H26N6O3S/c34-25-11-10-24(27(36)30-25)33-16-23(31-32-33)20-12-22(37-17-20)13-26(35)29-21-8-6-19(7-9-21)15-28-14-18-4-2-1-3-5-18/h1-9,12,16-17,24,28H,10-11,13-15H2,(H,29,35)(H,30,34,36). The van der Waals surface area contributed by atoms with E-state index in [4.69, 9.17) is 0 Å². The Kier molecular flexibility index (Phi) is 7.48. The van der Waals surface area contributed by atoms with Gasteiger partial charge in [-0.15, -0.1) is 16.4 Å². The third kappa shape index (κ3) is 6.35. The van der Waals surface area contributed by atoms with Crippen molar-refractivity contribution in [2.45, 2.75) is 38.4 Å². The number of benzene rings is 2. The number of carbonyl (C=O) groups excluding carboxylic acids is 3. The summed E-state index contributed by atoms with van der Waals surface area (Å²) in [5.41, 5.74) is 4.58. The average Bonchev–Trinajstić information content (AvgIpc) is 3.56. The van der Waals surface area contributed by atoms with E-state index in [9.17, 15) is 14.4 Å². The van der Waals surface area contributed by atoms with Crippen LogP contribution in [0.4, 0.5) is 5.69 Å². The van der Waals surface area contributed by atoms with Gasteiger partial charge in [-0.1, -0.05) is 47.7 Å². The van der Waals surface area contributed by atoms with Crippen molar-refractivity contribution in [3.8, 4) is 11.3 Å². The number of nitrogens with one attached hydrogen (secondary N) is 3. The maximum absolute atomic E-state index is 12.6. The predicted molar refractivity (Wildman–Crippen MR) is 141 cm³/mol. The van der Waals surface area contributed by atoms with Gasteiger partial charge in [0.2, 0.25) is 11.8 Å². The highest BCUT2D eigenvalue weighted by molar-refractivity contribution is 7.10. The van der Waals surface area contributed by atoms with Crippen LogP contribution in [0.2, 0.25) is 0 Å². The van der Waals surface area contributed by atoms with Crippen molar-refractivity contribution in [2.24, 2.45) is 0 Å². The Balaban J connectivity index is 1.11. The summed E-state index contributed by atoms with van der Waals surface area (Å²) >= 11 is 1.47. The third-order valence-corrected chi connectivity index (χ3v) is 7.00. The number of thiophene rings is 1. The lowest BCUT2D eigenvalue weighted by molar-refractivity contribution is -0.136. The van der Waals surface area contributed by atoms with Gasteiger partial charge in [-0.3, -0.25) is 19.7 Å². The van der Waals surface area contributed by atoms with Crippen LogP contribution in [0.15, 0.2) is 72.2 Å². The fraction of sp³-hybridized carbons (Fsp3) is 0.222. The monoisotopic (exact) mass is 514 g/mol. The van der Waals surface area contributed by atoms with E-state index in [2.05, 4.69) is 38.4 Å². The molecule has 37 heavy (non-hydrogen) atoms. The third-order valence-electron chi connectivity index (χ3n) is 6.06. The summed E-state index contributed by atoms with van der Waals surface area (Å²) < 4.78 is 1.49. The summed E-state index contributed by atoms with van der Waals surface area (Å²) in [6.07, 6.45) is 2.61. The lowest BCUT2D eigenvalue weighted by Gasteiger charge is -2.20. The quantitative estimate of drug-likeness (QED) is 0.295. The zero-order chi connectivity index (χ0) is 25.6. The van der Waals surface area contributed by atoms with Crippen molar-refractivity contribution in [3.05, 3.63) is 88.2 Å². The molecule has 188 valence electrons. The summed E-state index contributed by atoms with van der Waals surface area (Å²) in [5, 5.41) is 18.9. The number of rotatable bonds is 9. The van der Waals surface area contributed by atoms with E-state index in [1.54, 1.807) is 6.20 Å². The first kappa shape index (κ1) is 24.5. The molecule has 0 radical (unpaired) electrons. The molecule has 3 N–H and O–H groups in total. The van der Waals surface area contributed by atoms with Gasteiger partial charge in [-0.2, -0.15) is 0 Å². The first-order valence-corrected chi connectivity index (χ1v) is 12.9. The number of nitrogens with zero attached hydrogens (tertiary/aromatic N) is 3. The molecule has 0 saturated carbocycles. The molecule has 0 spiro atoms. The molecule has 1 aliphatic rings. The minimum Gasteiger partial charge on any atom is -0.326 e. The summed E-state index contributed by atoms with van der Waals surface area (Å²) in [4.78, 5) is 36.9. The molecule has 2 aromatic heterocycles. The van der Waals surface area contributed by atoms with Crippen molar-refractivity contribution in [1.82, 2.24) is 25.6 Å². The molecular weight excluding hydrogens is 488 g/mol. The molecule has 0 aliphatic carbocycles. The van der Waals surface area contributed by atoms with Gasteiger partial charge in [0.1, 0.15) is 11.7 Å². The van der Waals surface area contributed by atoms with E-state index in [0.717, 1.165) is 34.8 Å². The van der Waals surface area contributed by atoms with Crippen LogP contribution >= 0.6 is 11.3 Å². The van der Waals surface area contributed by atoms with Crippen LogP contribution in [0, 0.1) is 0 Å². The van der Waals surface area contributed by atoms with Crippen molar-refractivity contribution in [2.75, 3.05) is 5.32 Å². The minimum atomic E-state index is -0.547. The van der Waals surface area contributed by atoms with Crippen molar-refractivity contribution in [1.29, 1.82) is 0 Å². The Labute approximate surface area is 217 Å². The molecular formula is C27H26N6O3S. The van der Waals surface area contributed by atoms with Gasteiger partial charge < -0.3 is 10.6 Å². The fourth-order valence-corrected chi connectivity index (χ4v) is 5.00. The number of imide groups is 1. The SMILES string of the molecule is O=C1CCC(n2cc(-c3csc(CC(=O)Nc4ccc(CNCc5ccccc5)cc4)c3)nn2)C(=O)N1. The van der Waals surface area contributed by atoms with Crippen LogP contribution in [-0.2, 0) is 33.9 Å². The van der Waals surface area contributed by atoms with Crippen molar-refractivity contribution >= 4 is 34.7 Å². The van der Waals surface area contributed by atoms with Crippen LogP contribution in [0.25, 0.3) is 11.3 Å². The Morgan fingerprint density at radius 3 is 2.57 bits per heavy atom. The number of aromatic nitrogens is 3. The highest BCUT2D eigenvalue weighted by Gasteiger charge is 2.29. The molecule has 1 aliphatic heterocycles. The molecule has 3 heterocycles. The molecule has 1 unspecified atom stereocenters. The largest absolute Gasteiger partial charge is 0.326 e. The molecule has 1 saturated heterocycles. The van der Waals surface area contributed by atoms with E-state index in [-0.39, 0.29) is 30.6 Å². The van der Waals surface area contributed by atoms with E-state index in [1.165, 1.54) is 21.6 Å². The maximum Gasteiger partial charge on any atom is 0.251 e.